The first-order valence-electron chi connectivity index (χ1n) is 11.3. The molecule has 0 saturated carbocycles. The van der Waals surface area contributed by atoms with Gasteiger partial charge in [0.1, 0.15) is 11.4 Å². The van der Waals surface area contributed by atoms with Crippen molar-refractivity contribution in [3.05, 3.63) is 156 Å². The van der Waals surface area contributed by atoms with Crippen LogP contribution in [-0.4, -0.2) is 5.60 Å². The van der Waals surface area contributed by atoms with Crippen molar-refractivity contribution in [3.8, 4) is 5.75 Å². The Bertz CT molecular complexity index is 1120. The van der Waals surface area contributed by atoms with Crippen molar-refractivity contribution in [2.24, 2.45) is 0 Å². The molecule has 0 bridgehead atoms. The van der Waals surface area contributed by atoms with Gasteiger partial charge in [0.15, 0.2) is 0 Å². The second kappa shape index (κ2) is 11.5. The Labute approximate surface area is 197 Å². The number of ether oxygens (including phenoxy) is 1. The van der Waals surface area contributed by atoms with E-state index in [1.165, 1.54) is 5.56 Å². The molecule has 0 aromatic heterocycles. The highest BCUT2D eigenvalue weighted by molar-refractivity contribution is 5.57. The Morgan fingerprint density at radius 1 is 0.485 bits per heavy atom. The van der Waals surface area contributed by atoms with Gasteiger partial charge in [-0.15, -0.1) is 0 Å². The second-order valence-corrected chi connectivity index (χ2v) is 7.88. The summed E-state index contributed by atoms with van der Waals surface area (Å²) in [4.78, 5) is 0. The summed E-state index contributed by atoms with van der Waals surface area (Å²) in [5, 5.41) is 0. The lowest BCUT2D eigenvalue weighted by molar-refractivity contribution is 0.176. The standard InChI is InChI=1S/C32H28O/c1-5-14-28(15-6-1)20-13-25-32(33-31-21-11-4-12-22-31,26-23-29-16-7-2-8-17-29)27-24-30-18-9-3-10-19-30/h1-24,26-27H,25H2. The minimum Gasteiger partial charge on any atom is -0.479 e. The van der Waals surface area contributed by atoms with Gasteiger partial charge in [-0.2, -0.15) is 0 Å². The molecule has 1 heteroatoms. The van der Waals surface area contributed by atoms with Crippen molar-refractivity contribution in [3.63, 3.8) is 0 Å². The first kappa shape index (κ1) is 22.1. The van der Waals surface area contributed by atoms with E-state index in [4.69, 9.17) is 4.74 Å². The van der Waals surface area contributed by atoms with Crippen LogP contribution in [0.3, 0.4) is 0 Å². The average Bonchev–Trinajstić information content (AvgIpc) is 2.89. The Morgan fingerprint density at radius 3 is 1.33 bits per heavy atom. The van der Waals surface area contributed by atoms with Crippen LogP contribution in [-0.2, 0) is 0 Å². The molecule has 0 N–H and O–H groups in total. The normalized spacial score (nSPS) is 13.5. The van der Waals surface area contributed by atoms with Crippen LogP contribution in [0.5, 0.6) is 5.75 Å². The molecule has 0 aliphatic carbocycles. The van der Waals surface area contributed by atoms with Gasteiger partial charge >= 0.3 is 0 Å². The summed E-state index contributed by atoms with van der Waals surface area (Å²) in [6.07, 6.45) is 13.6. The van der Waals surface area contributed by atoms with Crippen molar-refractivity contribution in [1.82, 2.24) is 0 Å². The Balaban J connectivity index is 1.71. The van der Waals surface area contributed by atoms with Crippen LogP contribution >= 0.6 is 0 Å². The topological polar surface area (TPSA) is 9.23 Å². The van der Waals surface area contributed by atoms with Crippen LogP contribution in [0.2, 0.25) is 0 Å². The third-order valence-corrected chi connectivity index (χ3v) is 5.31. The molecule has 4 rings (SSSR count). The summed E-state index contributed by atoms with van der Waals surface area (Å²) in [7, 11) is 0. The maximum atomic E-state index is 6.66. The van der Waals surface area contributed by atoms with E-state index < -0.39 is 5.60 Å². The van der Waals surface area contributed by atoms with Crippen LogP contribution in [0.4, 0.5) is 0 Å². The van der Waals surface area contributed by atoms with Gasteiger partial charge in [-0.25, -0.2) is 0 Å². The van der Waals surface area contributed by atoms with Gasteiger partial charge in [-0.1, -0.05) is 133 Å². The SMILES string of the molecule is C(=Cc1ccccc1)CC(C=Cc1ccccc1)(C=Cc1ccccc1)Oc1ccccc1. The molecule has 1 nitrogen and oxygen atoms in total. The predicted molar refractivity (Wildman–Crippen MR) is 141 cm³/mol. The fourth-order valence-electron chi connectivity index (χ4n) is 3.56. The van der Waals surface area contributed by atoms with Gasteiger partial charge in [0.05, 0.1) is 0 Å². The highest BCUT2D eigenvalue weighted by Gasteiger charge is 2.25. The van der Waals surface area contributed by atoms with E-state index in [1.807, 2.05) is 48.5 Å². The van der Waals surface area contributed by atoms with Gasteiger partial charge < -0.3 is 4.74 Å². The molecule has 0 heterocycles. The molecular weight excluding hydrogens is 400 g/mol. The van der Waals surface area contributed by atoms with E-state index in [2.05, 4.69) is 109 Å². The predicted octanol–water partition coefficient (Wildman–Crippen LogP) is 8.33. The Hall–Kier alpha value is -4.10. The molecule has 162 valence electrons. The number of para-hydroxylation sites is 1. The first-order chi connectivity index (χ1) is 16.3. The van der Waals surface area contributed by atoms with Gasteiger partial charge in [-0.05, 0) is 41.0 Å². The molecule has 33 heavy (non-hydrogen) atoms. The minimum atomic E-state index is -0.654. The zero-order valence-electron chi connectivity index (χ0n) is 18.6. The molecule has 4 aromatic carbocycles. The number of hydrogen-bond acceptors (Lipinski definition) is 1. The highest BCUT2D eigenvalue weighted by atomic mass is 16.5. The molecule has 0 saturated heterocycles. The third kappa shape index (κ3) is 6.95. The number of benzene rings is 4. The quantitative estimate of drug-likeness (QED) is 0.260. The molecule has 0 atom stereocenters. The van der Waals surface area contributed by atoms with Crippen molar-refractivity contribution >= 4 is 18.2 Å². The molecule has 0 aliphatic rings. The smallest absolute Gasteiger partial charge is 0.149 e. The highest BCUT2D eigenvalue weighted by Crippen LogP contribution is 2.28. The largest absolute Gasteiger partial charge is 0.479 e. The second-order valence-electron chi connectivity index (χ2n) is 7.88. The van der Waals surface area contributed by atoms with Crippen molar-refractivity contribution in [2.75, 3.05) is 0 Å². The zero-order valence-corrected chi connectivity index (χ0v) is 18.6. The maximum absolute atomic E-state index is 6.66. The molecule has 0 aliphatic heterocycles. The molecular formula is C32H28O. The van der Waals surface area contributed by atoms with Crippen LogP contribution in [0.15, 0.2) is 140 Å². The van der Waals surface area contributed by atoms with Gasteiger partial charge in [0.25, 0.3) is 0 Å². The average molecular weight is 429 g/mol. The summed E-state index contributed by atoms with van der Waals surface area (Å²) < 4.78 is 6.66. The van der Waals surface area contributed by atoms with E-state index in [1.54, 1.807) is 0 Å². The molecule has 4 aromatic rings. The van der Waals surface area contributed by atoms with E-state index >= 15 is 0 Å². The lowest BCUT2D eigenvalue weighted by atomic mass is 9.94. The Kier molecular flexibility index (Phi) is 7.70. The molecule has 0 amide bonds. The fourth-order valence-corrected chi connectivity index (χ4v) is 3.56. The van der Waals surface area contributed by atoms with Crippen molar-refractivity contribution in [2.45, 2.75) is 12.0 Å². The summed E-state index contributed by atoms with van der Waals surface area (Å²) in [6.45, 7) is 0. The summed E-state index contributed by atoms with van der Waals surface area (Å²) in [5.41, 5.74) is 2.79. The van der Waals surface area contributed by atoms with Crippen LogP contribution in [0.1, 0.15) is 23.1 Å². The zero-order chi connectivity index (χ0) is 22.6. The number of rotatable bonds is 9. The van der Waals surface area contributed by atoms with Crippen LogP contribution < -0.4 is 4.74 Å². The molecule has 0 unspecified atom stereocenters. The van der Waals surface area contributed by atoms with Crippen LogP contribution in [0.25, 0.3) is 18.2 Å². The summed E-state index contributed by atoms with van der Waals surface area (Å²) in [6, 6.07) is 41.0. The number of hydrogen-bond donors (Lipinski definition) is 0. The van der Waals surface area contributed by atoms with Gasteiger partial charge in [0, 0.05) is 6.42 Å². The fraction of sp³-hybridized carbons (Fsp3) is 0.0625. The van der Waals surface area contributed by atoms with E-state index in [0.717, 1.165) is 16.9 Å². The lowest BCUT2D eigenvalue weighted by Crippen LogP contribution is -2.30. The monoisotopic (exact) mass is 428 g/mol. The molecule has 0 spiro atoms. The maximum Gasteiger partial charge on any atom is 0.149 e. The van der Waals surface area contributed by atoms with Crippen molar-refractivity contribution in [1.29, 1.82) is 0 Å². The third-order valence-electron chi connectivity index (χ3n) is 5.31. The van der Waals surface area contributed by atoms with E-state index in [0.29, 0.717) is 6.42 Å². The summed E-state index contributed by atoms with van der Waals surface area (Å²) in [5.74, 6) is 0.834. The van der Waals surface area contributed by atoms with E-state index in [-0.39, 0.29) is 0 Å². The minimum absolute atomic E-state index is 0.654. The molecule has 0 fully saturated rings. The van der Waals surface area contributed by atoms with E-state index in [9.17, 15) is 0 Å². The Morgan fingerprint density at radius 2 is 0.879 bits per heavy atom. The van der Waals surface area contributed by atoms with Crippen molar-refractivity contribution < 1.29 is 4.74 Å². The van der Waals surface area contributed by atoms with Crippen LogP contribution in [0, 0.1) is 0 Å². The summed E-state index contributed by atoms with van der Waals surface area (Å²) >= 11 is 0. The lowest BCUT2D eigenvalue weighted by Gasteiger charge is -2.28. The first-order valence-corrected chi connectivity index (χ1v) is 11.3. The molecule has 0 radical (unpaired) electrons. The van der Waals surface area contributed by atoms with Gasteiger partial charge in [-0.3, -0.25) is 0 Å². The van der Waals surface area contributed by atoms with Gasteiger partial charge in [0.2, 0.25) is 0 Å².